The Balaban J connectivity index is 0.00000484. The van der Waals surface area contributed by atoms with E-state index in [0.29, 0.717) is 17.0 Å². The molecule has 0 bridgehead atoms. The maximum absolute atomic E-state index is 15.1. The number of aromatic nitrogens is 2. The van der Waals surface area contributed by atoms with Crippen LogP contribution in [0, 0.1) is 36.5 Å². The first-order valence-electron chi connectivity index (χ1n) is 18.9. The fourth-order valence-corrected chi connectivity index (χ4v) is 7.52. The molecule has 9 rings (SSSR count). The summed E-state index contributed by atoms with van der Waals surface area (Å²) in [6, 6.07) is 59.6. The Morgan fingerprint density at radius 3 is 1.64 bits per heavy atom. The monoisotopic (exact) mass is 947 g/mol. The Kier molecular flexibility index (Phi) is 11.3. The van der Waals surface area contributed by atoms with Gasteiger partial charge in [0, 0.05) is 55.5 Å². The van der Waals surface area contributed by atoms with Crippen molar-refractivity contribution < 1.29 is 33.3 Å². The van der Waals surface area contributed by atoms with Crippen LogP contribution in [0.15, 0.2) is 182 Å². The van der Waals surface area contributed by atoms with Crippen LogP contribution < -0.4 is 0 Å². The predicted octanol–water partition coefficient (Wildman–Crippen LogP) is 14.1. The normalized spacial score (nSPS) is 10.9. The van der Waals surface area contributed by atoms with Crippen LogP contribution in [-0.2, 0) is 20.1 Å². The summed E-state index contributed by atoms with van der Waals surface area (Å²) in [4.78, 5) is 9.36. The minimum atomic E-state index is -0.711. The van der Waals surface area contributed by atoms with E-state index in [2.05, 4.69) is 96.8 Å². The molecule has 6 heteroatoms. The number of aryl methyl sites for hydroxylation is 1. The zero-order valence-corrected chi connectivity index (χ0v) is 34.1. The molecule has 0 atom stereocenters. The van der Waals surface area contributed by atoms with Gasteiger partial charge in [0.2, 0.25) is 0 Å². The van der Waals surface area contributed by atoms with Crippen molar-refractivity contribution in [3.05, 3.63) is 217 Å². The van der Waals surface area contributed by atoms with Gasteiger partial charge in [0.25, 0.3) is 0 Å². The van der Waals surface area contributed by atoms with Crippen molar-refractivity contribution in [1.29, 1.82) is 0 Å². The van der Waals surface area contributed by atoms with Crippen LogP contribution in [0.5, 0.6) is 0 Å². The maximum Gasteiger partial charge on any atom is 0.0408 e. The molecule has 1 radical (unpaired) electrons. The van der Waals surface area contributed by atoms with Crippen molar-refractivity contribution >= 4 is 0 Å². The molecule has 2 aromatic heterocycles. The van der Waals surface area contributed by atoms with Crippen molar-refractivity contribution in [2.75, 3.05) is 0 Å². The summed E-state index contributed by atoms with van der Waals surface area (Å²) in [5, 5.41) is 0. The number of pyridine rings is 2. The third-order valence-electron chi connectivity index (χ3n) is 10.3. The first kappa shape index (κ1) is 39.1. The quantitative estimate of drug-likeness (QED) is 0.142. The molecule has 7 aromatic carbocycles. The van der Waals surface area contributed by atoms with Gasteiger partial charge in [-0.05, 0) is 91.1 Å². The van der Waals surface area contributed by atoms with E-state index in [-0.39, 0.29) is 31.5 Å². The number of halogens is 3. The minimum absolute atomic E-state index is 0. The molecule has 0 N–H and O–H groups in total. The van der Waals surface area contributed by atoms with Gasteiger partial charge in [-0.1, -0.05) is 151 Å². The predicted molar refractivity (Wildman–Crippen MR) is 228 cm³/mol. The number of hydrogen-bond acceptors (Lipinski definition) is 2. The van der Waals surface area contributed by atoms with Gasteiger partial charge in [0.05, 0.1) is 0 Å². The standard InChI is InChI=1S/C53H33F3N2.Ir/c1-34-27-39(43-14-6-5-13-42(43)38-23-26-52(57-32-38)47-25-24-41(54)30-51(47)56)29-40(28-34)44-15-7-8-16-45(44)49-33-58-53(46-17-9-10-18-50(46)55)31-48(49)37-21-19-36(20-22-37)35-11-3-2-4-12-35;/h2-16,18-24,26-33H,1H3;/q-2;. The van der Waals surface area contributed by atoms with Crippen LogP contribution in [0.2, 0.25) is 0 Å². The summed E-state index contributed by atoms with van der Waals surface area (Å²) >= 11 is 0. The van der Waals surface area contributed by atoms with Gasteiger partial charge in [-0.25, -0.2) is 0 Å². The van der Waals surface area contributed by atoms with Crippen LogP contribution in [0.25, 0.3) is 89.3 Å². The zero-order valence-electron chi connectivity index (χ0n) is 31.7. The Hall–Kier alpha value is -6.72. The Morgan fingerprint density at radius 2 is 0.983 bits per heavy atom. The van der Waals surface area contributed by atoms with Crippen molar-refractivity contribution in [1.82, 2.24) is 9.97 Å². The summed E-state index contributed by atoms with van der Waals surface area (Å²) in [5.74, 6) is -1.78. The van der Waals surface area contributed by atoms with E-state index in [1.807, 2.05) is 66.9 Å². The molecule has 9 aromatic rings. The van der Waals surface area contributed by atoms with E-state index < -0.39 is 11.6 Å². The van der Waals surface area contributed by atoms with E-state index in [1.165, 1.54) is 6.07 Å². The molecule has 0 amide bonds. The molecule has 0 aliphatic heterocycles. The maximum atomic E-state index is 15.1. The molecule has 2 nitrogen and oxygen atoms in total. The molecule has 0 aliphatic carbocycles. The molecule has 0 aliphatic rings. The number of nitrogens with zero attached hydrogens (tertiary/aromatic N) is 2. The molecular formula is C53H33F3IrN2-2. The number of rotatable bonds is 8. The molecule has 0 unspecified atom stereocenters. The summed E-state index contributed by atoms with van der Waals surface area (Å²) in [5.41, 5.74) is 14.3. The Labute approximate surface area is 355 Å². The molecule has 0 saturated heterocycles. The van der Waals surface area contributed by atoms with Gasteiger partial charge in [0.1, 0.15) is 0 Å². The zero-order chi connectivity index (χ0) is 39.6. The Bertz CT molecular complexity index is 2930. The summed E-state index contributed by atoms with van der Waals surface area (Å²) in [6.07, 6.45) is 3.55. The molecule has 0 saturated carbocycles. The van der Waals surface area contributed by atoms with Gasteiger partial charge >= 0.3 is 0 Å². The fraction of sp³-hybridized carbons (Fsp3) is 0.0189. The summed E-state index contributed by atoms with van der Waals surface area (Å²) in [6.45, 7) is 2.09. The topological polar surface area (TPSA) is 25.8 Å². The van der Waals surface area contributed by atoms with E-state index in [4.69, 9.17) is 4.98 Å². The molecule has 59 heavy (non-hydrogen) atoms. The average molecular weight is 947 g/mol. The van der Waals surface area contributed by atoms with Crippen LogP contribution in [-0.4, -0.2) is 9.97 Å². The number of benzene rings is 7. The molecule has 2 heterocycles. The second-order valence-electron chi connectivity index (χ2n) is 14.1. The molecule has 0 fully saturated rings. The fourth-order valence-electron chi connectivity index (χ4n) is 7.52. The number of hydrogen-bond donors (Lipinski definition) is 0. The van der Waals surface area contributed by atoms with E-state index in [0.717, 1.165) is 84.5 Å². The SMILES string of the molecule is Cc1cc(-c2ccccc2-c2ccc(-c3[c-]cc(F)cc3F)nc2)cc(-c2ccccc2-c2cnc(-c3[c-]cccc3F)cc2-c2ccc(-c3ccccc3)cc2)c1.[Ir]. The van der Waals surface area contributed by atoms with E-state index >= 15 is 4.39 Å². The molecule has 287 valence electrons. The van der Waals surface area contributed by atoms with Crippen LogP contribution in [0.1, 0.15) is 5.56 Å². The van der Waals surface area contributed by atoms with Crippen LogP contribution >= 0.6 is 0 Å². The Morgan fingerprint density at radius 1 is 0.407 bits per heavy atom. The third-order valence-corrected chi connectivity index (χ3v) is 10.3. The van der Waals surface area contributed by atoms with E-state index in [9.17, 15) is 8.78 Å². The second kappa shape index (κ2) is 17.0. The first-order valence-corrected chi connectivity index (χ1v) is 18.9. The first-order chi connectivity index (χ1) is 28.4. The summed E-state index contributed by atoms with van der Waals surface area (Å²) in [7, 11) is 0. The smallest absolute Gasteiger partial charge is 0.0408 e. The van der Waals surface area contributed by atoms with Crippen molar-refractivity contribution in [2.45, 2.75) is 6.92 Å². The average Bonchev–Trinajstić information content (AvgIpc) is 3.27. The van der Waals surface area contributed by atoms with Crippen LogP contribution in [0.3, 0.4) is 0 Å². The second-order valence-corrected chi connectivity index (χ2v) is 14.1. The van der Waals surface area contributed by atoms with Crippen molar-refractivity contribution in [3.63, 3.8) is 0 Å². The summed E-state index contributed by atoms with van der Waals surface area (Å²) < 4.78 is 43.2. The third kappa shape index (κ3) is 8.06. The molecule has 0 spiro atoms. The van der Waals surface area contributed by atoms with Gasteiger partial charge in [-0.3, -0.25) is 13.2 Å². The van der Waals surface area contributed by atoms with Gasteiger partial charge in [0.15, 0.2) is 0 Å². The van der Waals surface area contributed by atoms with Gasteiger partial charge < -0.3 is 9.97 Å². The van der Waals surface area contributed by atoms with Crippen molar-refractivity contribution in [3.8, 4) is 89.3 Å². The van der Waals surface area contributed by atoms with Crippen molar-refractivity contribution in [2.24, 2.45) is 0 Å². The van der Waals surface area contributed by atoms with Crippen LogP contribution in [0.4, 0.5) is 13.2 Å². The largest absolute Gasteiger partial charge is 0.304 e. The van der Waals surface area contributed by atoms with E-state index in [1.54, 1.807) is 24.4 Å². The van der Waals surface area contributed by atoms with Gasteiger partial charge in [-0.15, -0.1) is 36.4 Å². The van der Waals surface area contributed by atoms with Gasteiger partial charge in [-0.2, -0.15) is 0 Å². The minimum Gasteiger partial charge on any atom is -0.304 e. The molecular weight excluding hydrogens is 914 g/mol.